The molecule has 11 nitrogen and oxygen atoms in total. The number of nitro groups is 1. The van der Waals surface area contributed by atoms with Gasteiger partial charge in [0.2, 0.25) is 10.0 Å². The molecular weight excluding hydrogens is 412 g/mol. The molecule has 0 aliphatic heterocycles. The van der Waals surface area contributed by atoms with Crippen LogP contribution in [0.1, 0.15) is 0 Å². The van der Waals surface area contributed by atoms with Gasteiger partial charge < -0.3 is 0 Å². The molecule has 0 saturated carbocycles. The van der Waals surface area contributed by atoms with Gasteiger partial charge >= 0.3 is 5.69 Å². The van der Waals surface area contributed by atoms with E-state index >= 15 is 0 Å². The van der Waals surface area contributed by atoms with E-state index in [1.807, 2.05) is 0 Å². The fourth-order valence-corrected chi connectivity index (χ4v) is 3.51. The third-order valence-corrected chi connectivity index (χ3v) is 5.54. The molecule has 0 aliphatic rings. The van der Waals surface area contributed by atoms with E-state index in [0.717, 1.165) is 9.25 Å². The minimum absolute atomic E-state index is 0.0160. The Morgan fingerprint density at radius 1 is 1.21 bits per heavy atom. The zero-order chi connectivity index (χ0) is 20.6. The third kappa shape index (κ3) is 3.28. The lowest BCUT2D eigenvalue weighted by Crippen LogP contribution is -2.23. The van der Waals surface area contributed by atoms with Crippen LogP contribution in [0.5, 0.6) is 0 Å². The lowest BCUT2D eigenvalue weighted by atomic mass is 10.3. The highest BCUT2D eigenvalue weighted by atomic mass is 35.5. The SMILES string of the molecule is CNS(=O)(=O)c1ccc(Cl)nc1-c1nn(-c2ccccc2[N+](=O)[O-])c(=O)n1C. The molecule has 28 heavy (non-hydrogen) atoms. The van der Waals surface area contributed by atoms with Crippen molar-refractivity contribution >= 4 is 27.3 Å². The van der Waals surface area contributed by atoms with E-state index in [-0.39, 0.29) is 32.9 Å². The van der Waals surface area contributed by atoms with Crippen molar-refractivity contribution in [2.75, 3.05) is 7.05 Å². The minimum Gasteiger partial charge on any atom is -0.276 e. The fraction of sp³-hybridized carbons (Fsp3) is 0.133. The first kappa shape index (κ1) is 19.7. The molecule has 2 aromatic heterocycles. The third-order valence-electron chi connectivity index (χ3n) is 3.88. The van der Waals surface area contributed by atoms with Gasteiger partial charge in [0.15, 0.2) is 5.82 Å². The summed E-state index contributed by atoms with van der Waals surface area (Å²) < 4.78 is 28.6. The maximum absolute atomic E-state index is 12.7. The topological polar surface area (TPSA) is 142 Å². The van der Waals surface area contributed by atoms with E-state index in [4.69, 9.17) is 11.6 Å². The first-order valence-corrected chi connectivity index (χ1v) is 9.54. The number of hydrogen-bond donors (Lipinski definition) is 1. The first-order chi connectivity index (χ1) is 13.2. The number of nitrogens with one attached hydrogen (secondary N) is 1. The molecule has 13 heteroatoms. The van der Waals surface area contributed by atoms with E-state index in [2.05, 4.69) is 14.8 Å². The van der Waals surface area contributed by atoms with Gasteiger partial charge in [-0.1, -0.05) is 23.7 Å². The molecule has 1 aromatic carbocycles. The van der Waals surface area contributed by atoms with Crippen LogP contribution in [0, 0.1) is 10.1 Å². The molecule has 1 N–H and O–H groups in total. The molecule has 0 unspecified atom stereocenters. The summed E-state index contributed by atoms with van der Waals surface area (Å²) in [6, 6.07) is 8.05. The first-order valence-electron chi connectivity index (χ1n) is 7.67. The molecule has 0 saturated heterocycles. The van der Waals surface area contributed by atoms with Crippen molar-refractivity contribution in [2.45, 2.75) is 4.90 Å². The maximum atomic E-state index is 12.7. The number of nitro benzene ring substituents is 1. The molecule has 3 rings (SSSR count). The monoisotopic (exact) mass is 424 g/mol. The van der Waals surface area contributed by atoms with Crippen LogP contribution < -0.4 is 10.4 Å². The summed E-state index contributed by atoms with van der Waals surface area (Å²) >= 11 is 5.91. The van der Waals surface area contributed by atoms with Crippen molar-refractivity contribution in [2.24, 2.45) is 7.05 Å². The number of halogens is 1. The Labute approximate surface area is 163 Å². The second-order valence-corrected chi connectivity index (χ2v) is 7.75. The van der Waals surface area contributed by atoms with Gasteiger partial charge in [-0.25, -0.2) is 22.9 Å². The predicted molar refractivity (Wildman–Crippen MR) is 99.9 cm³/mol. The molecule has 0 aliphatic carbocycles. The Kier molecular flexibility index (Phi) is 5.02. The molecular formula is C15H13ClN6O5S. The normalized spacial score (nSPS) is 11.5. The Bertz CT molecular complexity index is 1250. The van der Waals surface area contributed by atoms with E-state index in [1.54, 1.807) is 0 Å². The van der Waals surface area contributed by atoms with Crippen molar-refractivity contribution in [3.8, 4) is 17.2 Å². The summed E-state index contributed by atoms with van der Waals surface area (Å²) in [5.41, 5.74) is -1.30. The Morgan fingerprint density at radius 3 is 2.54 bits per heavy atom. The minimum atomic E-state index is -3.94. The number of nitrogens with zero attached hydrogens (tertiary/aromatic N) is 5. The zero-order valence-electron chi connectivity index (χ0n) is 14.5. The quantitative estimate of drug-likeness (QED) is 0.367. The van der Waals surface area contributed by atoms with E-state index in [9.17, 15) is 23.3 Å². The highest BCUT2D eigenvalue weighted by Crippen LogP contribution is 2.26. The summed E-state index contributed by atoms with van der Waals surface area (Å²) in [5, 5.41) is 15.4. The van der Waals surface area contributed by atoms with Crippen LogP contribution in [0.4, 0.5) is 5.69 Å². The van der Waals surface area contributed by atoms with Crippen molar-refractivity contribution in [1.82, 2.24) is 24.1 Å². The van der Waals surface area contributed by atoms with Crippen LogP contribution in [0.15, 0.2) is 46.1 Å². The Balaban J connectivity index is 2.32. The van der Waals surface area contributed by atoms with Crippen molar-refractivity contribution < 1.29 is 13.3 Å². The van der Waals surface area contributed by atoms with Crippen LogP contribution in [0.3, 0.4) is 0 Å². The predicted octanol–water partition coefficient (Wildman–Crippen LogP) is 1.10. The number of hydrogen-bond acceptors (Lipinski definition) is 7. The van der Waals surface area contributed by atoms with E-state index < -0.39 is 20.6 Å². The lowest BCUT2D eigenvalue weighted by molar-refractivity contribution is -0.384. The Morgan fingerprint density at radius 2 is 1.89 bits per heavy atom. The molecule has 0 spiro atoms. The second kappa shape index (κ2) is 7.14. The average Bonchev–Trinajstić information content (AvgIpc) is 2.96. The van der Waals surface area contributed by atoms with Crippen LogP contribution in [0.25, 0.3) is 17.2 Å². The van der Waals surface area contributed by atoms with Gasteiger partial charge in [-0.05, 0) is 25.2 Å². The number of sulfonamides is 1. The molecule has 0 fully saturated rings. The summed E-state index contributed by atoms with van der Waals surface area (Å²) in [7, 11) is -1.38. The number of rotatable bonds is 5. The molecule has 0 radical (unpaired) electrons. The number of aromatic nitrogens is 4. The summed E-state index contributed by atoms with van der Waals surface area (Å²) in [6.07, 6.45) is 0. The standard InChI is InChI=1S/C15H13ClN6O5S/c1-17-28(26,27)11-7-8-12(16)18-13(11)14-19-21(15(23)20(14)2)9-5-3-4-6-10(9)22(24)25/h3-8,17H,1-2H3. The lowest BCUT2D eigenvalue weighted by Gasteiger charge is -2.08. The van der Waals surface area contributed by atoms with Crippen LogP contribution in [0.2, 0.25) is 5.15 Å². The Hall–Kier alpha value is -3.09. The van der Waals surface area contributed by atoms with Gasteiger partial charge in [-0.15, -0.1) is 5.10 Å². The van der Waals surface area contributed by atoms with E-state index in [0.29, 0.717) is 0 Å². The molecule has 0 atom stereocenters. The molecule has 3 aromatic rings. The van der Waals surface area contributed by atoms with Crippen molar-refractivity contribution in [3.63, 3.8) is 0 Å². The number of benzene rings is 1. The molecule has 2 heterocycles. The van der Waals surface area contributed by atoms with Crippen molar-refractivity contribution in [3.05, 3.63) is 62.1 Å². The second-order valence-electron chi connectivity index (χ2n) is 5.51. The molecule has 0 amide bonds. The fourth-order valence-electron chi connectivity index (χ4n) is 2.51. The smallest absolute Gasteiger partial charge is 0.276 e. The highest BCUT2D eigenvalue weighted by molar-refractivity contribution is 7.89. The van der Waals surface area contributed by atoms with Crippen LogP contribution >= 0.6 is 11.6 Å². The van der Waals surface area contributed by atoms with Gasteiger partial charge in [0.05, 0.1) is 4.92 Å². The van der Waals surface area contributed by atoms with Gasteiger partial charge in [0.1, 0.15) is 21.4 Å². The largest absolute Gasteiger partial charge is 0.351 e. The van der Waals surface area contributed by atoms with Crippen LogP contribution in [-0.2, 0) is 17.1 Å². The summed E-state index contributed by atoms with van der Waals surface area (Å²) in [6.45, 7) is 0. The van der Waals surface area contributed by atoms with Gasteiger partial charge in [-0.3, -0.25) is 14.7 Å². The average molecular weight is 425 g/mol. The summed E-state index contributed by atoms with van der Waals surface area (Å²) in [4.78, 5) is 27.0. The molecule has 0 bridgehead atoms. The highest BCUT2D eigenvalue weighted by Gasteiger charge is 2.26. The zero-order valence-corrected chi connectivity index (χ0v) is 16.1. The number of para-hydroxylation sites is 2. The maximum Gasteiger partial charge on any atom is 0.351 e. The molecule has 146 valence electrons. The van der Waals surface area contributed by atoms with Crippen LogP contribution in [-0.4, -0.2) is 39.7 Å². The van der Waals surface area contributed by atoms with Gasteiger partial charge in [0.25, 0.3) is 5.69 Å². The summed E-state index contributed by atoms with van der Waals surface area (Å²) in [5.74, 6) is -0.125. The van der Waals surface area contributed by atoms with E-state index in [1.165, 1.54) is 50.5 Å². The van der Waals surface area contributed by atoms with Gasteiger partial charge in [0, 0.05) is 13.1 Å². The van der Waals surface area contributed by atoms with Gasteiger partial charge in [-0.2, -0.15) is 4.68 Å². The van der Waals surface area contributed by atoms with Crippen molar-refractivity contribution in [1.29, 1.82) is 0 Å². The number of pyridine rings is 1.